The fourth-order valence-electron chi connectivity index (χ4n) is 3.43. The van der Waals surface area contributed by atoms with Crippen molar-refractivity contribution in [2.75, 3.05) is 7.11 Å². The van der Waals surface area contributed by atoms with Crippen molar-refractivity contribution in [1.29, 1.82) is 0 Å². The zero-order chi connectivity index (χ0) is 21.3. The molecule has 4 aromatic rings. The minimum absolute atomic E-state index is 0.0764. The van der Waals surface area contributed by atoms with Crippen LogP contribution in [0.2, 0.25) is 0 Å². The minimum atomic E-state index is -0.561. The smallest absolute Gasteiger partial charge is 0.240 e. The van der Waals surface area contributed by atoms with Crippen molar-refractivity contribution in [2.45, 2.75) is 0 Å². The first kappa shape index (κ1) is 19.3. The van der Waals surface area contributed by atoms with E-state index in [2.05, 4.69) is 0 Å². The summed E-state index contributed by atoms with van der Waals surface area (Å²) in [5.41, 5.74) is 1.37. The van der Waals surface area contributed by atoms with Gasteiger partial charge in [-0.3, -0.25) is 9.36 Å². The summed E-state index contributed by atoms with van der Waals surface area (Å²) in [5.74, 6) is -1.56. The van der Waals surface area contributed by atoms with Crippen LogP contribution < -0.4 is 4.74 Å². The molecular formula is C24H18FNO4. The number of methoxy groups -OCH3 is 1. The molecule has 1 heterocycles. The number of hydrogen-bond acceptors (Lipinski definition) is 4. The van der Waals surface area contributed by atoms with Crippen LogP contribution in [0, 0.1) is 5.82 Å². The Balaban J connectivity index is 2.07. The van der Waals surface area contributed by atoms with Crippen molar-refractivity contribution < 1.29 is 24.1 Å². The number of carbonyl (C=O) groups is 1. The van der Waals surface area contributed by atoms with Gasteiger partial charge in [-0.25, -0.2) is 4.39 Å². The standard InChI is InChI=1S/C24H18FNO4/c1-30-19-10-6-5-9-18(19)21-20(22(27)15-7-3-2-4-8-15)23(28)24(29)26(21)17-13-11-16(25)12-14-17/h2-14,28-29H,1H3. The van der Waals surface area contributed by atoms with Gasteiger partial charge >= 0.3 is 0 Å². The van der Waals surface area contributed by atoms with E-state index in [1.165, 1.54) is 35.9 Å². The lowest BCUT2D eigenvalue weighted by Crippen LogP contribution is -2.05. The lowest BCUT2D eigenvalue weighted by molar-refractivity contribution is 0.103. The maximum Gasteiger partial charge on any atom is 0.240 e. The van der Waals surface area contributed by atoms with Crippen LogP contribution in [-0.4, -0.2) is 27.7 Å². The molecule has 0 aliphatic rings. The Morgan fingerprint density at radius 1 is 0.900 bits per heavy atom. The molecule has 0 amide bonds. The highest BCUT2D eigenvalue weighted by atomic mass is 19.1. The number of nitrogens with zero attached hydrogens (tertiary/aromatic N) is 1. The summed E-state index contributed by atoms with van der Waals surface area (Å²) in [7, 11) is 1.49. The molecule has 0 bridgehead atoms. The van der Waals surface area contributed by atoms with E-state index < -0.39 is 23.2 Å². The van der Waals surface area contributed by atoms with Crippen molar-refractivity contribution >= 4 is 5.78 Å². The number of para-hydroxylation sites is 1. The maximum absolute atomic E-state index is 13.5. The summed E-state index contributed by atoms with van der Waals surface area (Å²) in [5, 5.41) is 21.5. The predicted molar refractivity (Wildman–Crippen MR) is 111 cm³/mol. The number of hydrogen-bond donors (Lipinski definition) is 2. The molecule has 3 aromatic carbocycles. The molecule has 0 atom stereocenters. The summed E-state index contributed by atoms with van der Waals surface area (Å²) < 4.78 is 20.2. The van der Waals surface area contributed by atoms with Crippen LogP contribution in [0.3, 0.4) is 0 Å². The van der Waals surface area contributed by atoms with E-state index in [-0.39, 0.29) is 11.3 Å². The monoisotopic (exact) mass is 403 g/mol. The molecule has 2 N–H and O–H groups in total. The fourth-order valence-corrected chi connectivity index (χ4v) is 3.43. The third-order valence-electron chi connectivity index (χ3n) is 4.83. The summed E-state index contributed by atoms with van der Waals surface area (Å²) in [6, 6.07) is 20.8. The van der Waals surface area contributed by atoms with Gasteiger partial charge in [-0.1, -0.05) is 42.5 Å². The minimum Gasteiger partial charge on any atom is -0.503 e. The Morgan fingerprint density at radius 3 is 2.20 bits per heavy atom. The van der Waals surface area contributed by atoms with Gasteiger partial charge in [0.25, 0.3) is 0 Å². The van der Waals surface area contributed by atoms with Gasteiger partial charge in [0.05, 0.1) is 18.4 Å². The van der Waals surface area contributed by atoms with Crippen molar-refractivity contribution in [1.82, 2.24) is 4.57 Å². The topological polar surface area (TPSA) is 71.7 Å². The molecule has 150 valence electrons. The second-order valence-corrected chi connectivity index (χ2v) is 6.60. The average molecular weight is 403 g/mol. The number of rotatable bonds is 5. The van der Waals surface area contributed by atoms with Crippen LogP contribution in [0.4, 0.5) is 4.39 Å². The van der Waals surface area contributed by atoms with E-state index in [9.17, 15) is 19.4 Å². The van der Waals surface area contributed by atoms with Crippen LogP contribution in [-0.2, 0) is 0 Å². The Morgan fingerprint density at radius 2 is 1.53 bits per heavy atom. The molecule has 0 saturated heterocycles. The average Bonchev–Trinajstić information content (AvgIpc) is 3.05. The van der Waals surface area contributed by atoms with Gasteiger partial charge in [0, 0.05) is 16.8 Å². The summed E-state index contributed by atoms with van der Waals surface area (Å²) in [6.45, 7) is 0. The molecule has 0 aliphatic heterocycles. The van der Waals surface area contributed by atoms with Gasteiger partial charge < -0.3 is 14.9 Å². The van der Waals surface area contributed by atoms with E-state index in [4.69, 9.17) is 4.74 Å². The first-order valence-electron chi connectivity index (χ1n) is 9.18. The lowest BCUT2D eigenvalue weighted by atomic mass is 9.98. The van der Waals surface area contributed by atoms with Crippen molar-refractivity contribution in [3.8, 4) is 34.3 Å². The Labute approximate surface area is 172 Å². The maximum atomic E-state index is 13.5. The number of ether oxygens (including phenoxy) is 1. The van der Waals surface area contributed by atoms with Gasteiger partial charge in [0.1, 0.15) is 11.6 Å². The van der Waals surface area contributed by atoms with E-state index in [1.54, 1.807) is 54.6 Å². The number of halogens is 1. The van der Waals surface area contributed by atoms with Crippen molar-refractivity contribution in [3.63, 3.8) is 0 Å². The number of ketones is 1. The van der Waals surface area contributed by atoms with Crippen LogP contribution in [0.5, 0.6) is 17.4 Å². The molecule has 1 aromatic heterocycles. The summed E-state index contributed by atoms with van der Waals surface area (Å²) >= 11 is 0. The van der Waals surface area contributed by atoms with Gasteiger partial charge in [-0.2, -0.15) is 0 Å². The van der Waals surface area contributed by atoms with E-state index >= 15 is 0 Å². The molecule has 5 nitrogen and oxygen atoms in total. The van der Waals surface area contributed by atoms with Crippen LogP contribution >= 0.6 is 0 Å². The number of benzene rings is 3. The molecule has 0 fully saturated rings. The second kappa shape index (κ2) is 7.75. The quantitative estimate of drug-likeness (QED) is 0.463. The highest BCUT2D eigenvalue weighted by Crippen LogP contribution is 2.46. The van der Waals surface area contributed by atoms with Crippen molar-refractivity contribution in [2.24, 2.45) is 0 Å². The molecule has 4 rings (SSSR count). The second-order valence-electron chi connectivity index (χ2n) is 6.60. The van der Waals surface area contributed by atoms with E-state index in [1.807, 2.05) is 0 Å². The lowest BCUT2D eigenvalue weighted by Gasteiger charge is -2.14. The number of aromatic hydroxyl groups is 2. The molecular weight excluding hydrogens is 385 g/mol. The highest BCUT2D eigenvalue weighted by molar-refractivity contribution is 6.15. The molecule has 0 radical (unpaired) electrons. The normalized spacial score (nSPS) is 10.7. The fraction of sp³-hybridized carbons (Fsp3) is 0.0417. The first-order chi connectivity index (χ1) is 14.5. The van der Waals surface area contributed by atoms with Crippen LogP contribution in [0.1, 0.15) is 15.9 Å². The number of aromatic nitrogens is 1. The van der Waals surface area contributed by atoms with Gasteiger partial charge in [-0.15, -0.1) is 0 Å². The summed E-state index contributed by atoms with van der Waals surface area (Å²) in [6.07, 6.45) is 0. The third-order valence-corrected chi connectivity index (χ3v) is 4.83. The highest BCUT2D eigenvalue weighted by Gasteiger charge is 2.31. The Hall–Kier alpha value is -4.06. The molecule has 30 heavy (non-hydrogen) atoms. The Bertz CT molecular complexity index is 1210. The third kappa shape index (κ3) is 3.18. The molecule has 0 aliphatic carbocycles. The molecule has 0 spiro atoms. The van der Waals surface area contributed by atoms with Gasteiger partial charge in [0.15, 0.2) is 11.5 Å². The van der Waals surface area contributed by atoms with Gasteiger partial charge in [0.2, 0.25) is 5.88 Å². The van der Waals surface area contributed by atoms with Crippen molar-refractivity contribution in [3.05, 3.63) is 95.8 Å². The van der Waals surface area contributed by atoms with E-state index in [0.717, 1.165) is 0 Å². The summed E-state index contributed by atoms with van der Waals surface area (Å²) in [4.78, 5) is 13.3. The zero-order valence-corrected chi connectivity index (χ0v) is 16.0. The van der Waals surface area contributed by atoms with E-state index in [0.29, 0.717) is 22.6 Å². The zero-order valence-electron chi connectivity index (χ0n) is 16.0. The predicted octanol–water partition coefficient (Wildman–Crippen LogP) is 4.93. The molecule has 0 saturated carbocycles. The number of carbonyl (C=O) groups excluding carboxylic acids is 1. The first-order valence-corrected chi connectivity index (χ1v) is 9.18. The van der Waals surface area contributed by atoms with Crippen LogP contribution in [0.25, 0.3) is 16.9 Å². The SMILES string of the molecule is COc1ccccc1-c1c(C(=O)c2ccccc2)c(O)c(O)n1-c1ccc(F)cc1. The Kier molecular flexibility index (Phi) is 4.98. The molecule has 0 unspecified atom stereocenters. The molecule has 6 heteroatoms. The van der Waals surface area contributed by atoms with Crippen LogP contribution in [0.15, 0.2) is 78.9 Å². The largest absolute Gasteiger partial charge is 0.503 e. The van der Waals surface area contributed by atoms with Gasteiger partial charge in [-0.05, 0) is 36.4 Å².